The molecule has 1 unspecified atom stereocenters. The number of aryl methyl sites for hydroxylation is 1. The topological polar surface area (TPSA) is 116 Å². The van der Waals surface area contributed by atoms with Crippen molar-refractivity contribution in [3.8, 4) is 0 Å². The summed E-state index contributed by atoms with van der Waals surface area (Å²) < 4.78 is 0. The number of aromatic nitrogens is 2. The van der Waals surface area contributed by atoms with Crippen molar-refractivity contribution in [3.63, 3.8) is 0 Å². The van der Waals surface area contributed by atoms with E-state index >= 15 is 0 Å². The van der Waals surface area contributed by atoms with Gasteiger partial charge >= 0.3 is 5.97 Å². The second-order valence-corrected chi connectivity index (χ2v) is 4.01. The lowest BCUT2D eigenvalue weighted by atomic mass is 10.1. The van der Waals surface area contributed by atoms with E-state index < -0.39 is 18.2 Å². The van der Waals surface area contributed by atoms with Crippen molar-refractivity contribution in [2.24, 2.45) is 0 Å². The standard InChI is InChI=1S/C10H15N3O4/c1-6-7(8(15)16)3-11-9(13-6)12-4-10(2,17)5-14/h3,14,17H,4-5H2,1-2H3,(H,15,16)(H,11,12,13). The molecule has 94 valence electrons. The number of carboxylic acid groups (broad SMARTS) is 1. The van der Waals surface area contributed by atoms with Crippen LogP contribution >= 0.6 is 0 Å². The molecule has 0 saturated carbocycles. The van der Waals surface area contributed by atoms with Gasteiger partial charge in [-0.25, -0.2) is 14.8 Å². The normalized spacial score (nSPS) is 14.1. The summed E-state index contributed by atoms with van der Waals surface area (Å²) >= 11 is 0. The molecule has 1 heterocycles. The predicted molar refractivity (Wildman–Crippen MR) is 59.9 cm³/mol. The van der Waals surface area contributed by atoms with Crippen LogP contribution in [0, 0.1) is 6.92 Å². The van der Waals surface area contributed by atoms with Gasteiger partial charge in [0.1, 0.15) is 5.60 Å². The van der Waals surface area contributed by atoms with Gasteiger partial charge in [-0.3, -0.25) is 0 Å². The summed E-state index contributed by atoms with van der Waals surface area (Å²) in [6.07, 6.45) is 1.20. The molecule has 0 bridgehead atoms. The molecule has 0 radical (unpaired) electrons. The Labute approximate surface area is 98.2 Å². The van der Waals surface area contributed by atoms with E-state index in [-0.39, 0.29) is 18.1 Å². The molecule has 1 rings (SSSR count). The molecule has 0 saturated heterocycles. The van der Waals surface area contributed by atoms with Gasteiger partial charge in [0.15, 0.2) is 0 Å². The molecule has 0 aliphatic carbocycles. The zero-order chi connectivity index (χ0) is 13.1. The molecule has 0 aliphatic heterocycles. The molecule has 1 atom stereocenters. The van der Waals surface area contributed by atoms with Crippen LogP contribution in [0.2, 0.25) is 0 Å². The Morgan fingerprint density at radius 2 is 2.24 bits per heavy atom. The maximum Gasteiger partial charge on any atom is 0.339 e. The van der Waals surface area contributed by atoms with E-state index in [4.69, 9.17) is 10.2 Å². The number of nitrogens with zero attached hydrogens (tertiary/aromatic N) is 2. The molecule has 17 heavy (non-hydrogen) atoms. The number of carboxylic acids is 1. The molecule has 7 heteroatoms. The lowest BCUT2D eigenvalue weighted by Crippen LogP contribution is -2.37. The van der Waals surface area contributed by atoms with Crippen molar-refractivity contribution < 1.29 is 20.1 Å². The number of aromatic carboxylic acids is 1. The molecular weight excluding hydrogens is 226 g/mol. The Kier molecular flexibility index (Phi) is 3.97. The number of hydrogen-bond acceptors (Lipinski definition) is 6. The average molecular weight is 241 g/mol. The van der Waals surface area contributed by atoms with Gasteiger partial charge in [0.25, 0.3) is 0 Å². The van der Waals surface area contributed by atoms with Gasteiger partial charge < -0.3 is 20.6 Å². The number of hydrogen-bond donors (Lipinski definition) is 4. The van der Waals surface area contributed by atoms with Crippen molar-refractivity contribution >= 4 is 11.9 Å². The first kappa shape index (κ1) is 13.3. The Hall–Kier alpha value is -1.73. The van der Waals surface area contributed by atoms with Crippen molar-refractivity contribution in [2.75, 3.05) is 18.5 Å². The van der Waals surface area contributed by atoms with Gasteiger partial charge in [-0.2, -0.15) is 0 Å². The van der Waals surface area contributed by atoms with Crippen molar-refractivity contribution in [1.29, 1.82) is 0 Å². The van der Waals surface area contributed by atoms with E-state index in [9.17, 15) is 9.90 Å². The van der Waals surface area contributed by atoms with E-state index in [2.05, 4.69) is 15.3 Å². The van der Waals surface area contributed by atoms with Crippen LogP contribution in [0.15, 0.2) is 6.20 Å². The van der Waals surface area contributed by atoms with Crippen LogP contribution in [0.4, 0.5) is 5.95 Å². The zero-order valence-corrected chi connectivity index (χ0v) is 9.64. The Balaban J connectivity index is 2.75. The molecular formula is C10H15N3O4. The van der Waals surface area contributed by atoms with Crippen LogP contribution in [0.3, 0.4) is 0 Å². The van der Waals surface area contributed by atoms with Gasteiger partial charge in [0.2, 0.25) is 5.95 Å². The highest BCUT2D eigenvalue weighted by Crippen LogP contribution is 2.08. The van der Waals surface area contributed by atoms with E-state index in [0.29, 0.717) is 5.69 Å². The molecule has 1 aromatic rings. The van der Waals surface area contributed by atoms with Crippen LogP contribution in [-0.4, -0.2) is 50.0 Å². The fraction of sp³-hybridized carbons (Fsp3) is 0.500. The zero-order valence-electron chi connectivity index (χ0n) is 9.64. The fourth-order valence-electron chi connectivity index (χ4n) is 1.09. The van der Waals surface area contributed by atoms with Crippen LogP contribution in [-0.2, 0) is 0 Å². The van der Waals surface area contributed by atoms with Crippen molar-refractivity contribution in [1.82, 2.24) is 9.97 Å². The minimum absolute atomic E-state index is 0.0319. The summed E-state index contributed by atoms with van der Waals surface area (Å²) in [5, 5.41) is 29.9. The Morgan fingerprint density at radius 3 is 2.71 bits per heavy atom. The third-order valence-electron chi connectivity index (χ3n) is 2.18. The Morgan fingerprint density at radius 1 is 1.59 bits per heavy atom. The molecule has 4 N–H and O–H groups in total. The summed E-state index contributed by atoms with van der Waals surface area (Å²) in [4.78, 5) is 18.5. The van der Waals surface area contributed by atoms with Crippen molar-refractivity contribution in [3.05, 3.63) is 17.5 Å². The molecule has 0 aromatic carbocycles. The molecule has 1 aromatic heterocycles. The summed E-state index contributed by atoms with van der Waals surface area (Å²) in [5.41, 5.74) is -0.911. The number of aliphatic hydroxyl groups is 2. The molecule has 0 amide bonds. The Bertz CT molecular complexity index is 420. The first-order chi connectivity index (χ1) is 7.85. The first-order valence-electron chi connectivity index (χ1n) is 5.00. The van der Waals surface area contributed by atoms with Gasteiger partial charge in [-0.15, -0.1) is 0 Å². The number of rotatable bonds is 5. The molecule has 0 spiro atoms. The van der Waals surface area contributed by atoms with Crippen LogP contribution in [0.1, 0.15) is 23.0 Å². The molecule has 0 fully saturated rings. The summed E-state index contributed by atoms with van der Waals surface area (Å²) in [5.74, 6) is -0.877. The monoisotopic (exact) mass is 241 g/mol. The highest BCUT2D eigenvalue weighted by molar-refractivity contribution is 5.88. The number of anilines is 1. The van der Waals surface area contributed by atoms with Crippen LogP contribution in [0.5, 0.6) is 0 Å². The van der Waals surface area contributed by atoms with Crippen LogP contribution in [0.25, 0.3) is 0 Å². The maximum absolute atomic E-state index is 10.7. The highest BCUT2D eigenvalue weighted by Gasteiger charge is 2.19. The number of carbonyl (C=O) groups is 1. The third kappa shape index (κ3) is 3.65. The van der Waals surface area contributed by atoms with E-state index in [0.717, 1.165) is 0 Å². The minimum Gasteiger partial charge on any atom is -0.478 e. The quantitative estimate of drug-likeness (QED) is 0.556. The first-order valence-corrected chi connectivity index (χ1v) is 5.00. The highest BCUT2D eigenvalue weighted by atomic mass is 16.4. The van der Waals surface area contributed by atoms with E-state index in [1.54, 1.807) is 6.92 Å². The largest absolute Gasteiger partial charge is 0.478 e. The van der Waals surface area contributed by atoms with Crippen LogP contribution < -0.4 is 5.32 Å². The summed E-state index contributed by atoms with van der Waals surface area (Å²) in [7, 11) is 0. The van der Waals surface area contributed by atoms with Gasteiger partial charge in [-0.05, 0) is 13.8 Å². The fourth-order valence-corrected chi connectivity index (χ4v) is 1.09. The van der Waals surface area contributed by atoms with Gasteiger partial charge in [0, 0.05) is 12.7 Å². The maximum atomic E-state index is 10.7. The molecule has 7 nitrogen and oxygen atoms in total. The average Bonchev–Trinajstić information content (AvgIpc) is 2.26. The lowest BCUT2D eigenvalue weighted by molar-refractivity contribution is 0.0131. The molecule has 0 aliphatic rings. The minimum atomic E-state index is -1.28. The number of aliphatic hydroxyl groups excluding tert-OH is 1. The third-order valence-corrected chi connectivity index (χ3v) is 2.18. The van der Waals surface area contributed by atoms with Gasteiger partial charge in [-0.1, -0.05) is 0 Å². The predicted octanol–water partition coefficient (Wildman–Crippen LogP) is -0.362. The number of nitrogens with one attached hydrogen (secondary N) is 1. The lowest BCUT2D eigenvalue weighted by Gasteiger charge is -2.20. The summed E-state index contributed by atoms with van der Waals surface area (Å²) in [6, 6.07) is 0. The smallest absolute Gasteiger partial charge is 0.339 e. The van der Waals surface area contributed by atoms with E-state index in [1.165, 1.54) is 13.1 Å². The summed E-state index contributed by atoms with van der Waals surface area (Å²) in [6.45, 7) is 2.68. The van der Waals surface area contributed by atoms with Gasteiger partial charge in [0.05, 0.1) is 17.9 Å². The van der Waals surface area contributed by atoms with E-state index in [1.807, 2.05) is 0 Å². The second kappa shape index (κ2) is 5.07. The second-order valence-electron chi connectivity index (χ2n) is 4.01. The SMILES string of the molecule is Cc1nc(NCC(C)(O)CO)ncc1C(=O)O. The van der Waals surface area contributed by atoms with Crippen molar-refractivity contribution in [2.45, 2.75) is 19.4 Å².